The lowest BCUT2D eigenvalue weighted by Crippen LogP contribution is -2.24. The maximum Gasteiger partial charge on any atom is 0.263 e. The predicted molar refractivity (Wildman–Crippen MR) is 88.9 cm³/mol. The van der Waals surface area contributed by atoms with E-state index in [0.29, 0.717) is 15.5 Å². The molecule has 0 saturated carbocycles. The van der Waals surface area contributed by atoms with Gasteiger partial charge in [-0.25, -0.2) is 13.8 Å². The Balaban J connectivity index is 1.83. The van der Waals surface area contributed by atoms with Gasteiger partial charge in [-0.2, -0.15) is 0 Å². The number of hydrogen-bond donors (Lipinski definition) is 1. The number of fused-ring (bicyclic) bond motifs is 1. The molecule has 1 aromatic heterocycles. The van der Waals surface area contributed by atoms with E-state index in [1.807, 2.05) is 0 Å². The number of imide groups is 1. The first kappa shape index (κ1) is 17.2. The molecule has 0 spiro atoms. The molecule has 1 heterocycles. The molecule has 0 aliphatic heterocycles. The SMILES string of the molecule is O=CNC(=O)c1c(F)ccc(OCc2nc3cc(Cl)ccc3s2)c1F. The number of aromatic nitrogens is 1. The lowest BCUT2D eigenvalue weighted by molar-refractivity contribution is -0.108. The summed E-state index contributed by atoms with van der Waals surface area (Å²) in [6.45, 7) is -0.0751. The second-order valence-corrected chi connectivity index (χ2v) is 6.39. The average molecular weight is 383 g/mol. The van der Waals surface area contributed by atoms with Crippen molar-refractivity contribution >= 4 is 45.5 Å². The Labute approximate surface area is 149 Å². The molecule has 25 heavy (non-hydrogen) atoms. The Morgan fingerprint density at radius 2 is 2.12 bits per heavy atom. The molecule has 0 aliphatic rings. The van der Waals surface area contributed by atoms with E-state index in [4.69, 9.17) is 16.3 Å². The van der Waals surface area contributed by atoms with Gasteiger partial charge >= 0.3 is 0 Å². The number of nitrogens with zero attached hydrogens (tertiary/aromatic N) is 1. The maximum absolute atomic E-state index is 14.3. The van der Waals surface area contributed by atoms with E-state index in [2.05, 4.69) is 4.98 Å². The van der Waals surface area contributed by atoms with Crippen LogP contribution in [0.4, 0.5) is 8.78 Å². The molecule has 5 nitrogen and oxygen atoms in total. The number of benzene rings is 2. The van der Waals surface area contributed by atoms with Crippen LogP contribution in [0.25, 0.3) is 10.2 Å². The Morgan fingerprint density at radius 3 is 2.88 bits per heavy atom. The Hall–Kier alpha value is -2.58. The van der Waals surface area contributed by atoms with E-state index in [0.717, 1.165) is 16.8 Å². The van der Waals surface area contributed by atoms with E-state index in [1.54, 1.807) is 23.5 Å². The van der Waals surface area contributed by atoms with E-state index < -0.39 is 23.1 Å². The van der Waals surface area contributed by atoms with Crippen LogP contribution in [0, 0.1) is 11.6 Å². The summed E-state index contributed by atoms with van der Waals surface area (Å²) < 4.78 is 34.1. The van der Waals surface area contributed by atoms with Crippen LogP contribution in [0.1, 0.15) is 15.4 Å². The van der Waals surface area contributed by atoms with E-state index in [1.165, 1.54) is 11.3 Å². The van der Waals surface area contributed by atoms with Crippen molar-refractivity contribution in [3.05, 3.63) is 57.6 Å². The summed E-state index contributed by atoms with van der Waals surface area (Å²) in [7, 11) is 0. The quantitative estimate of drug-likeness (QED) is 0.683. The summed E-state index contributed by atoms with van der Waals surface area (Å²) in [4.78, 5) is 26.2. The zero-order valence-corrected chi connectivity index (χ0v) is 14.0. The molecule has 0 saturated heterocycles. The molecular formula is C16H9ClF2N2O3S. The molecule has 0 radical (unpaired) electrons. The number of nitrogens with one attached hydrogen (secondary N) is 1. The minimum Gasteiger partial charge on any atom is -0.483 e. The fraction of sp³-hybridized carbons (Fsp3) is 0.0625. The third-order valence-corrected chi connectivity index (χ3v) is 4.46. The third-order valence-electron chi connectivity index (χ3n) is 3.22. The normalized spacial score (nSPS) is 10.7. The molecule has 9 heteroatoms. The second kappa shape index (κ2) is 7.12. The summed E-state index contributed by atoms with van der Waals surface area (Å²) >= 11 is 7.23. The lowest BCUT2D eigenvalue weighted by atomic mass is 10.1. The van der Waals surface area contributed by atoms with Crippen molar-refractivity contribution in [2.75, 3.05) is 0 Å². The Morgan fingerprint density at radius 1 is 1.32 bits per heavy atom. The molecule has 0 atom stereocenters. The van der Waals surface area contributed by atoms with Gasteiger partial charge in [-0.1, -0.05) is 11.6 Å². The van der Waals surface area contributed by atoms with Gasteiger partial charge < -0.3 is 4.74 Å². The van der Waals surface area contributed by atoms with Crippen LogP contribution in [0.2, 0.25) is 5.02 Å². The average Bonchev–Trinajstić information content (AvgIpc) is 2.96. The molecular weight excluding hydrogens is 374 g/mol. The number of thiazole rings is 1. The number of rotatable bonds is 5. The van der Waals surface area contributed by atoms with Gasteiger partial charge in [-0.3, -0.25) is 14.9 Å². The van der Waals surface area contributed by atoms with Crippen molar-refractivity contribution in [2.24, 2.45) is 0 Å². The van der Waals surface area contributed by atoms with Gasteiger partial charge in [0.25, 0.3) is 5.91 Å². The highest BCUT2D eigenvalue weighted by atomic mass is 35.5. The maximum atomic E-state index is 14.3. The minimum atomic E-state index is -1.19. The van der Waals surface area contributed by atoms with E-state index >= 15 is 0 Å². The van der Waals surface area contributed by atoms with Crippen LogP contribution in [0.5, 0.6) is 5.75 Å². The number of carbonyl (C=O) groups excluding carboxylic acids is 2. The van der Waals surface area contributed by atoms with Crippen molar-refractivity contribution in [3.63, 3.8) is 0 Å². The Bertz CT molecular complexity index is 977. The van der Waals surface area contributed by atoms with Gasteiger partial charge in [0.2, 0.25) is 6.41 Å². The molecule has 2 aromatic carbocycles. The first-order chi connectivity index (χ1) is 12.0. The van der Waals surface area contributed by atoms with Gasteiger partial charge in [0.05, 0.1) is 10.2 Å². The van der Waals surface area contributed by atoms with Crippen LogP contribution in [-0.4, -0.2) is 17.3 Å². The molecule has 1 N–H and O–H groups in total. The van der Waals surface area contributed by atoms with Crippen molar-refractivity contribution in [1.82, 2.24) is 10.3 Å². The van der Waals surface area contributed by atoms with Crippen LogP contribution in [0.3, 0.4) is 0 Å². The lowest BCUT2D eigenvalue weighted by Gasteiger charge is -2.09. The standard InChI is InChI=1S/C16H9ClF2N2O3S/c17-8-1-4-12-10(5-8)21-13(25-12)6-24-11-3-2-9(18)14(15(11)19)16(23)20-7-22/h1-5,7H,6H2,(H,20,22,23). The smallest absolute Gasteiger partial charge is 0.263 e. The molecule has 0 fully saturated rings. The minimum absolute atomic E-state index is 0.0427. The number of halogens is 3. The number of amides is 2. The second-order valence-electron chi connectivity index (χ2n) is 4.83. The topological polar surface area (TPSA) is 68.3 Å². The van der Waals surface area contributed by atoms with Gasteiger partial charge in [0.15, 0.2) is 11.6 Å². The first-order valence-electron chi connectivity index (χ1n) is 6.90. The predicted octanol–water partition coefficient (Wildman–Crippen LogP) is 3.69. The fourth-order valence-electron chi connectivity index (χ4n) is 2.13. The summed E-state index contributed by atoms with van der Waals surface area (Å²) in [6.07, 6.45) is 0.0427. The van der Waals surface area contributed by atoms with E-state index in [9.17, 15) is 18.4 Å². The number of ether oxygens (including phenoxy) is 1. The van der Waals surface area contributed by atoms with Crippen LogP contribution in [-0.2, 0) is 11.4 Å². The highest BCUT2D eigenvalue weighted by molar-refractivity contribution is 7.18. The number of carbonyl (C=O) groups is 2. The molecule has 0 unspecified atom stereocenters. The zero-order chi connectivity index (χ0) is 18.0. The van der Waals surface area contributed by atoms with Gasteiger partial charge in [0.1, 0.15) is 23.0 Å². The fourth-order valence-corrected chi connectivity index (χ4v) is 3.16. The largest absolute Gasteiger partial charge is 0.483 e. The Kier molecular flexibility index (Phi) is 4.91. The van der Waals surface area contributed by atoms with Crippen molar-refractivity contribution < 1.29 is 23.1 Å². The number of hydrogen-bond acceptors (Lipinski definition) is 5. The molecule has 0 aliphatic carbocycles. The summed E-state index contributed by atoms with van der Waals surface area (Å²) in [5.41, 5.74) is -0.206. The van der Waals surface area contributed by atoms with Crippen molar-refractivity contribution in [1.29, 1.82) is 0 Å². The first-order valence-corrected chi connectivity index (χ1v) is 8.09. The molecule has 3 aromatic rings. The highest BCUT2D eigenvalue weighted by Gasteiger charge is 2.21. The monoisotopic (exact) mass is 382 g/mol. The zero-order valence-electron chi connectivity index (χ0n) is 12.4. The van der Waals surface area contributed by atoms with Gasteiger partial charge in [-0.15, -0.1) is 11.3 Å². The van der Waals surface area contributed by atoms with Gasteiger partial charge in [-0.05, 0) is 30.3 Å². The van der Waals surface area contributed by atoms with Crippen molar-refractivity contribution in [3.8, 4) is 5.75 Å². The molecule has 2 amide bonds. The van der Waals surface area contributed by atoms with Crippen molar-refractivity contribution in [2.45, 2.75) is 6.61 Å². The molecule has 0 bridgehead atoms. The van der Waals surface area contributed by atoms with Crippen LogP contribution >= 0.6 is 22.9 Å². The summed E-state index contributed by atoms with van der Waals surface area (Å²) in [5, 5.41) is 2.79. The summed E-state index contributed by atoms with van der Waals surface area (Å²) in [5.74, 6) is -3.80. The molecule has 128 valence electrons. The third kappa shape index (κ3) is 3.59. The highest BCUT2D eigenvalue weighted by Crippen LogP contribution is 2.28. The van der Waals surface area contributed by atoms with Crippen LogP contribution in [0.15, 0.2) is 30.3 Å². The molecule has 3 rings (SSSR count). The van der Waals surface area contributed by atoms with Crippen LogP contribution < -0.4 is 10.1 Å². The van der Waals surface area contributed by atoms with E-state index in [-0.39, 0.29) is 18.8 Å². The van der Waals surface area contributed by atoms with Gasteiger partial charge in [0, 0.05) is 5.02 Å². The summed E-state index contributed by atoms with van der Waals surface area (Å²) in [6, 6.07) is 7.17.